The number of hydrogen-bond acceptors (Lipinski definition) is 8. The average Bonchev–Trinajstić information content (AvgIpc) is 3.33. The molecule has 0 atom stereocenters. The Kier molecular flexibility index (Phi) is 8.64. The van der Waals surface area contributed by atoms with Gasteiger partial charge in [0, 0.05) is 37.4 Å². The number of ether oxygens (including phenoxy) is 1. The van der Waals surface area contributed by atoms with Gasteiger partial charge in [0.2, 0.25) is 17.7 Å². The molecule has 194 valence electrons. The van der Waals surface area contributed by atoms with Crippen LogP contribution >= 0.6 is 11.3 Å². The largest absolute Gasteiger partial charge is 0.470 e. The first-order valence-corrected chi connectivity index (χ1v) is 13.0. The molecule has 0 saturated heterocycles. The first-order valence-electron chi connectivity index (χ1n) is 12.2. The molecular weight excluding hydrogens is 483 g/mol. The van der Waals surface area contributed by atoms with Gasteiger partial charge >= 0.3 is 6.18 Å². The highest BCUT2D eigenvalue weighted by atomic mass is 32.1. The number of alkyl halides is 3. The second kappa shape index (κ2) is 11.7. The summed E-state index contributed by atoms with van der Waals surface area (Å²) in [6.07, 6.45) is 1.91. The summed E-state index contributed by atoms with van der Waals surface area (Å²) in [7, 11) is 0. The van der Waals surface area contributed by atoms with Crippen LogP contribution in [0.5, 0.6) is 5.19 Å². The molecule has 0 radical (unpaired) electrons. The lowest BCUT2D eigenvalue weighted by atomic mass is 9.84. The third kappa shape index (κ3) is 8.16. The number of carbonyl (C=O) groups is 1. The highest BCUT2D eigenvalue weighted by Crippen LogP contribution is 2.30. The molecule has 2 aliphatic rings. The fraction of sp³-hybridized carbons (Fsp3) is 0.739. The van der Waals surface area contributed by atoms with Gasteiger partial charge < -0.3 is 19.4 Å². The summed E-state index contributed by atoms with van der Waals surface area (Å²) in [4.78, 5) is 20.2. The number of aryl methyl sites for hydroxylation is 1. The lowest BCUT2D eigenvalue weighted by Gasteiger charge is -2.30. The molecule has 35 heavy (non-hydrogen) atoms. The van der Waals surface area contributed by atoms with Crippen LogP contribution in [0.1, 0.15) is 60.9 Å². The Hall–Kier alpha value is -2.21. The van der Waals surface area contributed by atoms with Crippen LogP contribution in [-0.4, -0.2) is 64.4 Å². The number of aromatic nitrogens is 3. The lowest BCUT2D eigenvalue weighted by molar-refractivity contribution is -0.139. The van der Waals surface area contributed by atoms with Crippen molar-refractivity contribution in [1.82, 2.24) is 25.4 Å². The van der Waals surface area contributed by atoms with Gasteiger partial charge in [0.25, 0.3) is 5.19 Å². The Morgan fingerprint density at radius 1 is 1.20 bits per heavy atom. The summed E-state index contributed by atoms with van der Waals surface area (Å²) in [6.45, 7) is 4.18. The monoisotopic (exact) mass is 515 g/mol. The molecule has 1 aliphatic heterocycles. The minimum atomic E-state index is -4.21. The molecule has 2 aromatic heterocycles. The number of halogens is 3. The smallest absolute Gasteiger partial charge is 0.392 e. The molecule has 0 aromatic carbocycles. The topological polar surface area (TPSA) is 93.4 Å². The number of rotatable bonds is 9. The maximum absolute atomic E-state index is 12.3. The van der Waals surface area contributed by atoms with Crippen LogP contribution in [0.2, 0.25) is 0 Å². The van der Waals surface area contributed by atoms with Crippen molar-refractivity contribution >= 4 is 17.2 Å². The van der Waals surface area contributed by atoms with Crippen molar-refractivity contribution in [1.29, 1.82) is 0 Å². The van der Waals surface area contributed by atoms with Crippen molar-refractivity contribution in [2.24, 2.45) is 5.92 Å². The summed E-state index contributed by atoms with van der Waals surface area (Å²) in [5.74, 6) is 1.40. The number of nitrogens with zero attached hydrogens (tertiary/aromatic N) is 4. The molecule has 0 bridgehead atoms. The first kappa shape index (κ1) is 25.9. The van der Waals surface area contributed by atoms with E-state index in [0.717, 1.165) is 75.2 Å². The van der Waals surface area contributed by atoms with E-state index in [0.29, 0.717) is 22.9 Å². The molecule has 1 N–H and O–H groups in total. The maximum Gasteiger partial charge on any atom is 0.392 e. The van der Waals surface area contributed by atoms with Gasteiger partial charge in [-0.15, -0.1) is 10.2 Å². The summed E-state index contributed by atoms with van der Waals surface area (Å²) >= 11 is 1.38. The molecule has 2 aromatic rings. The zero-order valence-electron chi connectivity index (χ0n) is 19.9. The Labute approximate surface area is 206 Å². The minimum absolute atomic E-state index is 0.0725. The van der Waals surface area contributed by atoms with E-state index in [-0.39, 0.29) is 25.0 Å². The third-order valence-corrected chi connectivity index (χ3v) is 7.70. The van der Waals surface area contributed by atoms with Crippen LogP contribution in [0.25, 0.3) is 0 Å². The van der Waals surface area contributed by atoms with Gasteiger partial charge in [0.15, 0.2) is 0 Å². The second-order valence-electron chi connectivity index (χ2n) is 9.37. The Morgan fingerprint density at radius 3 is 2.69 bits per heavy atom. The predicted molar refractivity (Wildman–Crippen MR) is 123 cm³/mol. The van der Waals surface area contributed by atoms with E-state index < -0.39 is 12.6 Å². The summed E-state index contributed by atoms with van der Waals surface area (Å²) < 4.78 is 47.4. The fourth-order valence-corrected chi connectivity index (χ4v) is 5.68. The summed E-state index contributed by atoms with van der Waals surface area (Å²) in [5.41, 5.74) is 0.964. The molecule has 4 rings (SSSR count). The van der Waals surface area contributed by atoms with Gasteiger partial charge in [0.1, 0.15) is 6.42 Å². The van der Waals surface area contributed by atoms with Crippen molar-refractivity contribution in [3.05, 3.63) is 22.4 Å². The highest BCUT2D eigenvalue weighted by Gasteiger charge is 2.28. The van der Waals surface area contributed by atoms with Gasteiger partial charge in [-0.1, -0.05) is 11.3 Å². The number of fused-ring (bicyclic) bond motifs is 1. The van der Waals surface area contributed by atoms with Crippen molar-refractivity contribution in [2.45, 2.75) is 76.9 Å². The molecule has 1 fully saturated rings. The zero-order chi connectivity index (χ0) is 24.8. The molecule has 1 aliphatic carbocycles. The van der Waals surface area contributed by atoms with Crippen LogP contribution in [0.3, 0.4) is 0 Å². The molecular formula is C23H32F3N5O3S. The quantitative estimate of drug-likeness (QED) is 0.542. The van der Waals surface area contributed by atoms with Crippen LogP contribution in [0.4, 0.5) is 13.2 Å². The molecule has 3 heterocycles. The van der Waals surface area contributed by atoms with Gasteiger partial charge in [-0.05, 0) is 51.0 Å². The average molecular weight is 516 g/mol. The number of hydrogen-bond donors (Lipinski definition) is 1. The molecule has 1 amide bonds. The Morgan fingerprint density at radius 2 is 1.97 bits per heavy atom. The van der Waals surface area contributed by atoms with Crippen molar-refractivity contribution < 1.29 is 27.1 Å². The maximum atomic E-state index is 12.3. The number of amides is 1. The Balaban J connectivity index is 1.12. The predicted octanol–water partition coefficient (Wildman–Crippen LogP) is 3.87. The normalized spacial score (nSPS) is 21.4. The van der Waals surface area contributed by atoms with E-state index in [2.05, 4.69) is 25.4 Å². The van der Waals surface area contributed by atoms with Gasteiger partial charge in [-0.2, -0.15) is 13.2 Å². The van der Waals surface area contributed by atoms with Gasteiger partial charge in [-0.3, -0.25) is 4.79 Å². The van der Waals surface area contributed by atoms with E-state index in [1.807, 2.05) is 0 Å². The first-order chi connectivity index (χ1) is 16.7. The number of nitrogens with one attached hydrogen (secondary N) is 1. The van der Waals surface area contributed by atoms with E-state index in [9.17, 15) is 18.0 Å². The lowest BCUT2D eigenvalue weighted by Crippen LogP contribution is -2.39. The number of carbonyl (C=O) groups excluding carboxylic acids is 1. The highest BCUT2D eigenvalue weighted by molar-refractivity contribution is 7.13. The van der Waals surface area contributed by atoms with Crippen LogP contribution in [0, 0.1) is 12.8 Å². The number of thiazole rings is 1. The van der Waals surface area contributed by atoms with E-state index in [1.54, 1.807) is 6.92 Å². The van der Waals surface area contributed by atoms with Crippen LogP contribution in [-0.2, 0) is 24.1 Å². The van der Waals surface area contributed by atoms with Gasteiger partial charge in [0.05, 0.1) is 18.7 Å². The summed E-state index contributed by atoms with van der Waals surface area (Å²) in [5, 5.41) is 11.1. The Bertz CT molecular complexity index is 947. The zero-order valence-corrected chi connectivity index (χ0v) is 20.7. The minimum Gasteiger partial charge on any atom is -0.470 e. The molecule has 12 heteroatoms. The van der Waals surface area contributed by atoms with Gasteiger partial charge in [-0.25, -0.2) is 4.98 Å². The van der Waals surface area contributed by atoms with Crippen LogP contribution < -0.4 is 10.1 Å². The van der Waals surface area contributed by atoms with Crippen molar-refractivity contribution in [3.8, 4) is 5.19 Å². The van der Waals surface area contributed by atoms with Crippen LogP contribution in [0.15, 0.2) is 4.42 Å². The summed E-state index contributed by atoms with van der Waals surface area (Å²) in [6, 6.07) is 0.204. The van der Waals surface area contributed by atoms with E-state index >= 15 is 0 Å². The molecule has 0 spiro atoms. The third-order valence-electron chi connectivity index (χ3n) is 6.63. The second-order valence-corrected chi connectivity index (χ2v) is 10.4. The van der Waals surface area contributed by atoms with Crippen molar-refractivity contribution in [3.63, 3.8) is 0 Å². The van der Waals surface area contributed by atoms with E-state index in [1.165, 1.54) is 11.3 Å². The van der Waals surface area contributed by atoms with Crippen molar-refractivity contribution in [2.75, 3.05) is 26.2 Å². The standard InChI is InChI=1S/C23H32F3N5O3S/c1-15-29-30-21(34-15)14-20(32)27-17-4-2-16(3-5-17)6-10-31-11-7-18-19(8-12-31)35-22(28-18)33-13-9-23(24,25)26/h16-17H,2-14H2,1H3,(H,27,32)/t16-,17-. The molecule has 1 saturated carbocycles. The van der Waals surface area contributed by atoms with E-state index in [4.69, 9.17) is 9.15 Å². The fourth-order valence-electron chi connectivity index (χ4n) is 4.71. The molecule has 0 unspecified atom stereocenters. The molecule has 8 nitrogen and oxygen atoms in total. The SMILES string of the molecule is Cc1nnc(CC(=O)N[C@H]2CC[C@H](CCN3CCc4nc(OCCC(F)(F)F)sc4CC3)CC2)o1.